The van der Waals surface area contributed by atoms with Gasteiger partial charge in [-0.25, -0.2) is 13.1 Å². The van der Waals surface area contributed by atoms with Crippen molar-refractivity contribution in [3.63, 3.8) is 0 Å². The fourth-order valence-corrected chi connectivity index (χ4v) is 3.59. The number of benzene rings is 1. The van der Waals surface area contributed by atoms with Gasteiger partial charge in [-0.3, -0.25) is 4.79 Å². The molecule has 6 nitrogen and oxygen atoms in total. The normalized spacial score (nSPS) is 11.7. The summed E-state index contributed by atoms with van der Waals surface area (Å²) in [7, 11) is -1.99. The Labute approximate surface area is 127 Å². The first kappa shape index (κ1) is 15.7. The molecule has 1 aromatic heterocycles. The third-order valence-electron chi connectivity index (χ3n) is 3.06. The van der Waals surface area contributed by atoms with Crippen LogP contribution in [0.15, 0.2) is 18.2 Å². The van der Waals surface area contributed by atoms with Crippen molar-refractivity contribution in [2.45, 2.75) is 6.92 Å². The number of fused-ring (bicyclic) bond motifs is 1. The Morgan fingerprint density at radius 3 is 2.76 bits per heavy atom. The summed E-state index contributed by atoms with van der Waals surface area (Å²) in [5.74, 6) is -0.517. The molecule has 1 aromatic carbocycles. The molecule has 0 aliphatic carbocycles. The van der Waals surface area contributed by atoms with Gasteiger partial charge in [0.25, 0.3) is 5.91 Å². The van der Waals surface area contributed by atoms with Gasteiger partial charge in [0.2, 0.25) is 10.0 Å². The zero-order valence-electron chi connectivity index (χ0n) is 11.8. The van der Waals surface area contributed by atoms with Crippen molar-refractivity contribution in [1.29, 1.82) is 0 Å². The van der Waals surface area contributed by atoms with E-state index in [1.54, 1.807) is 0 Å². The van der Waals surface area contributed by atoms with Gasteiger partial charge in [-0.2, -0.15) is 0 Å². The predicted molar refractivity (Wildman–Crippen MR) is 86.2 cm³/mol. The first-order valence-electron chi connectivity index (χ1n) is 6.32. The molecule has 0 fully saturated rings. The molecule has 0 saturated heterocycles. The molecule has 0 bridgehead atoms. The van der Waals surface area contributed by atoms with E-state index in [0.717, 1.165) is 15.6 Å². The van der Waals surface area contributed by atoms with Crippen LogP contribution in [0.2, 0.25) is 0 Å². The summed E-state index contributed by atoms with van der Waals surface area (Å²) in [6.45, 7) is 2.01. The van der Waals surface area contributed by atoms with Crippen LogP contribution < -0.4 is 15.8 Å². The minimum absolute atomic E-state index is 0.0364. The molecule has 21 heavy (non-hydrogen) atoms. The lowest BCUT2D eigenvalue weighted by Gasteiger charge is -2.04. The highest BCUT2D eigenvalue weighted by atomic mass is 32.2. The number of hydrogen-bond donors (Lipinski definition) is 3. The molecule has 4 N–H and O–H groups in total. The number of carbonyl (C=O) groups is 1. The van der Waals surface area contributed by atoms with Gasteiger partial charge >= 0.3 is 0 Å². The summed E-state index contributed by atoms with van der Waals surface area (Å²) in [5.41, 5.74) is 7.52. The molecule has 0 aliphatic heterocycles. The number of anilines is 1. The summed E-state index contributed by atoms with van der Waals surface area (Å²) >= 11 is 1.31. The molecule has 0 radical (unpaired) electrons. The lowest BCUT2D eigenvalue weighted by Crippen LogP contribution is -2.32. The Morgan fingerprint density at radius 1 is 1.38 bits per heavy atom. The van der Waals surface area contributed by atoms with Crippen LogP contribution in [0.3, 0.4) is 0 Å². The second-order valence-corrected chi connectivity index (χ2v) is 7.72. The highest BCUT2D eigenvalue weighted by Gasteiger charge is 2.17. The lowest BCUT2D eigenvalue weighted by atomic mass is 10.1. The van der Waals surface area contributed by atoms with Crippen molar-refractivity contribution in [2.24, 2.45) is 0 Å². The predicted octanol–water partition coefficient (Wildman–Crippen LogP) is 1.07. The van der Waals surface area contributed by atoms with E-state index in [2.05, 4.69) is 10.0 Å². The standard InChI is InChI=1S/C13H17N3O3S2/c1-8-3-4-9-10(7-8)20-12(11(9)14)13(17)16-5-6-21(18,19)15-2/h3-4,7,15H,5-6,14H2,1-2H3,(H,16,17). The van der Waals surface area contributed by atoms with Crippen molar-refractivity contribution in [1.82, 2.24) is 10.0 Å². The van der Waals surface area contributed by atoms with Crippen LogP contribution in [0, 0.1) is 6.92 Å². The number of aryl methyl sites for hydroxylation is 1. The highest BCUT2D eigenvalue weighted by Crippen LogP contribution is 2.33. The third kappa shape index (κ3) is 3.52. The Kier molecular flexibility index (Phi) is 4.50. The zero-order chi connectivity index (χ0) is 15.6. The van der Waals surface area contributed by atoms with Crippen molar-refractivity contribution >= 4 is 43.0 Å². The maximum Gasteiger partial charge on any atom is 0.263 e. The average molecular weight is 327 g/mol. The SMILES string of the molecule is CNS(=O)(=O)CCNC(=O)c1sc2cc(C)ccc2c1N. The molecule has 0 atom stereocenters. The van der Waals surface area contributed by atoms with Crippen molar-refractivity contribution in [3.8, 4) is 0 Å². The van der Waals surface area contributed by atoms with E-state index in [0.29, 0.717) is 10.6 Å². The number of carbonyl (C=O) groups excluding carboxylic acids is 1. The molecule has 2 rings (SSSR count). The average Bonchev–Trinajstić information content (AvgIpc) is 2.75. The van der Waals surface area contributed by atoms with E-state index in [1.807, 2.05) is 25.1 Å². The fourth-order valence-electron chi connectivity index (χ4n) is 1.87. The molecule has 0 saturated carbocycles. The second-order valence-electron chi connectivity index (χ2n) is 4.62. The van der Waals surface area contributed by atoms with Gasteiger partial charge in [0.1, 0.15) is 4.88 Å². The Morgan fingerprint density at radius 2 is 2.10 bits per heavy atom. The van der Waals surface area contributed by atoms with Crippen LogP contribution >= 0.6 is 11.3 Å². The Bertz CT molecular complexity index is 781. The highest BCUT2D eigenvalue weighted by molar-refractivity contribution is 7.89. The van der Waals surface area contributed by atoms with Gasteiger partial charge in [-0.15, -0.1) is 11.3 Å². The van der Waals surface area contributed by atoms with Gasteiger partial charge in [-0.1, -0.05) is 12.1 Å². The lowest BCUT2D eigenvalue weighted by molar-refractivity contribution is 0.0961. The summed E-state index contributed by atoms with van der Waals surface area (Å²) in [6, 6.07) is 5.80. The van der Waals surface area contributed by atoms with Gasteiger partial charge in [0.05, 0.1) is 11.4 Å². The number of nitrogens with two attached hydrogens (primary N) is 1. The van der Waals surface area contributed by atoms with E-state index in [4.69, 9.17) is 5.73 Å². The minimum atomic E-state index is -3.33. The molecule has 0 aliphatic rings. The molecule has 1 heterocycles. The monoisotopic (exact) mass is 327 g/mol. The number of rotatable bonds is 5. The van der Waals surface area contributed by atoms with E-state index >= 15 is 0 Å². The smallest absolute Gasteiger partial charge is 0.263 e. The van der Waals surface area contributed by atoms with E-state index in [1.165, 1.54) is 18.4 Å². The molecule has 0 spiro atoms. The fraction of sp³-hybridized carbons (Fsp3) is 0.308. The number of hydrogen-bond acceptors (Lipinski definition) is 5. The van der Waals surface area contributed by atoms with Crippen LogP contribution in [0.1, 0.15) is 15.2 Å². The summed E-state index contributed by atoms with van der Waals surface area (Å²) in [6.07, 6.45) is 0. The topological polar surface area (TPSA) is 101 Å². The Balaban J connectivity index is 2.15. The third-order valence-corrected chi connectivity index (χ3v) is 5.59. The second kappa shape index (κ2) is 6.00. The molecule has 8 heteroatoms. The first-order chi connectivity index (χ1) is 9.84. The van der Waals surface area contributed by atoms with Gasteiger partial charge in [0.15, 0.2) is 0 Å². The first-order valence-corrected chi connectivity index (χ1v) is 8.79. The zero-order valence-corrected chi connectivity index (χ0v) is 13.4. The van der Waals surface area contributed by atoms with Crippen LogP contribution in [0.5, 0.6) is 0 Å². The summed E-state index contributed by atoms with van der Waals surface area (Å²) in [5, 5.41) is 3.42. The van der Waals surface area contributed by atoms with Crippen molar-refractivity contribution in [3.05, 3.63) is 28.6 Å². The number of sulfonamides is 1. The van der Waals surface area contributed by atoms with Crippen molar-refractivity contribution in [2.75, 3.05) is 25.1 Å². The van der Waals surface area contributed by atoms with Crippen LogP contribution in [0.25, 0.3) is 10.1 Å². The van der Waals surface area contributed by atoms with E-state index < -0.39 is 10.0 Å². The number of thiophene rings is 1. The maximum atomic E-state index is 12.1. The van der Waals surface area contributed by atoms with E-state index in [-0.39, 0.29) is 18.2 Å². The molecular weight excluding hydrogens is 310 g/mol. The molecule has 114 valence electrons. The Hall–Kier alpha value is -1.64. The van der Waals surface area contributed by atoms with Gasteiger partial charge < -0.3 is 11.1 Å². The largest absolute Gasteiger partial charge is 0.397 e. The summed E-state index contributed by atoms with van der Waals surface area (Å²) in [4.78, 5) is 12.5. The number of nitrogen functional groups attached to an aromatic ring is 1. The van der Waals surface area contributed by atoms with Crippen LogP contribution in [0.4, 0.5) is 5.69 Å². The summed E-state index contributed by atoms with van der Waals surface area (Å²) < 4.78 is 25.7. The van der Waals surface area contributed by atoms with Crippen LogP contribution in [-0.2, 0) is 10.0 Å². The number of nitrogens with one attached hydrogen (secondary N) is 2. The molecular formula is C13H17N3O3S2. The minimum Gasteiger partial charge on any atom is -0.397 e. The molecule has 0 unspecified atom stereocenters. The van der Waals surface area contributed by atoms with Gasteiger partial charge in [0, 0.05) is 16.6 Å². The molecule has 2 aromatic rings. The van der Waals surface area contributed by atoms with Gasteiger partial charge in [-0.05, 0) is 25.6 Å². The quantitative estimate of drug-likeness (QED) is 0.764. The van der Waals surface area contributed by atoms with Crippen LogP contribution in [-0.4, -0.2) is 33.7 Å². The maximum absolute atomic E-state index is 12.1. The number of amides is 1. The van der Waals surface area contributed by atoms with Crippen molar-refractivity contribution < 1.29 is 13.2 Å². The van der Waals surface area contributed by atoms with E-state index in [9.17, 15) is 13.2 Å². The molecule has 1 amide bonds.